The number of carbonyl (C=O) groups excluding carboxylic acids is 1. The summed E-state index contributed by atoms with van der Waals surface area (Å²) in [5, 5.41) is 11.6. The molecule has 21 heavy (non-hydrogen) atoms. The first-order valence-electron chi connectivity index (χ1n) is 6.75. The summed E-state index contributed by atoms with van der Waals surface area (Å²) in [7, 11) is 0. The highest BCUT2D eigenvalue weighted by molar-refractivity contribution is 7.99. The fourth-order valence-electron chi connectivity index (χ4n) is 1.55. The van der Waals surface area contributed by atoms with Crippen molar-refractivity contribution in [1.82, 2.24) is 0 Å². The first kappa shape index (κ1) is 17.5. The summed E-state index contributed by atoms with van der Waals surface area (Å²) in [5.74, 6) is 0.188. The second-order valence-electron chi connectivity index (χ2n) is 5.49. The van der Waals surface area contributed by atoms with Crippen molar-refractivity contribution in [2.45, 2.75) is 26.3 Å². The minimum absolute atomic E-state index is 0.0521. The van der Waals surface area contributed by atoms with E-state index in [4.69, 9.17) is 10.8 Å². The zero-order valence-electron chi connectivity index (χ0n) is 12.3. The van der Waals surface area contributed by atoms with Crippen LogP contribution in [-0.2, 0) is 9.59 Å². The number of nitrogens with two attached hydrogens (primary N) is 1. The van der Waals surface area contributed by atoms with Crippen LogP contribution in [0, 0.1) is 5.41 Å². The molecule has 0 fully saturated rings. The van der Waals surface area contributed by atoms with Gasteiger partial charge in [0.1, 0.15) is 6.04 Å². The minimum atomic E-state index is -0.989. The van der Waals surface area contributed by atoms with E-state index in [2.05, 4.69) is 5.32 Å². The van der Waals surface area contributed by atoms with E-state index in [1.165, 1.54) is 0 Å². The van der Waals surface area contributed by atoms with Gasteiger partial charge in [-0.2, -0.15) is 11.8 Å². The van der Waals surface area contributed by atoms with Crippen LogP contribution in [0.2, 0.25) is 0 Å². The number of hydrogen-bond acceptors (Lipinski definition) is 4. The van der Waals surface area contributed by atoms with Crippen molar-refractivity contribution >= 4 is 29.3 Å². The van der Waals surface area contributed by atoms with Crippen molar-refractivity contribution in [3.05, 3.63) is 30.3 Å². The Labute approximate surface area is 129 Å². The lowest BCUT2D eigenvalue weighted by atomic mass is 9.95. The van der Waals surface area contributed by atoms with Crippen LogP contribution in [0.3, 0.4) is 0 Å². The average molecular weight is 310 g/mol. The highest BCUT2D eigenvalue weighted by atomic mass is 32.2. The van der Waals surface area contributed by atoms with E-state index >= 15 is 0 Å². The Hall–Kier alpha value is -1.53. The van der Waals surface area contributed by atoms with Gasteiger partial charge in [-0.15, -0.1) is 0 Å². The van der Waals surface area contributed by atoms with Gasteiger partial charge in [0.25, 0.3) is 0 Å². The van der Waals surface area contributed by atoms with Crippen LogP contribution in [0.4, 0.5) is 5.69 Å². The molecule has 0 aliphatic carbocycles. The molecule has 1 aromatic carbocycles. The van der Waals surface area contributed by atoms with Crippen LogP contribution < -0.4 is 11.1 Å². The Morgan fingerprint density at radius 3 is 2.52 bits per heavy atom. The third-order valence-electron chi connectivity index (χ3n) is 3.00. The van der Waals surface area contributed by atoms with Crippen LogP contribution in [0.25, 0.3) is 0 Å². The van der Waals surface area contributed by atoms with E-state index in [9.17, 15) is 9.59 Å². The highest BCUT2D eigenvalue weighted by Gasteiger charge is 2.27. The molecule has 0 aromatic heterocycles. The molecule has 0 saturated heterocycles. The molecule has 5 nitrogen and oxygen atoms in total. The number of rotatable bonds is 8. The van der Waals surface area contributed by atoms with Gasteiger partial charge in [-0.3, -0.25) is 9.59 Å². The zero-order valence-corrected chi connectivity index (χ0v) is 13.2. The van der Waals surface area contributed by atoms with E-state index in [0.717, 1.165) is 5.69 Å². The molecule has 0 heterocycles. The smallest absolute Gasteiger partial charge is 0.320 e. The van der Waals surface area contributed by atoms with Crippen molar-refractivity contribution < 1.29 is 14.7 Å². The maximum Gasteiger partial charge on any atom is 0.320 e. The minimum Gasteiger partial charge on any atom is -0.480 e. The summed E-state index contributed by atoms with van der Waals surface area (Å²) in [5.41, 5.74) is 5.67. The predicted molar refractivity (Wildman–Crippen MR) is 86.4 cm³/mol. The van der Waals surface area contributed by atoms with Crippen molar-refractivity contribution in [3.8, 4) is 0 Å². The highest BCUT2D eigenvalue weighted by Crippen LogP contribution is 2.24. The molecule has 1 rings (SSSR count). The first-order valence-corrected chi connectivity index (χ1v) is 7.91. The largest absolute Gasteiger partial charge is 0.480 e. The number of aliphatic carboxylic acids is 1. The number of amides is 1. The van der Waals surface area contributed by atoms with E-state index in [-0.39, 0.29) is 5.91 Å². The molecule has 6 heteroatoms. The summed E-state index contributed by atoms with van der Waals surface area (Å²) in [6.07, 6.45) is 0.399. The monoisotopic (exact) mass is 310 g/mol. The van der Waals surface area contributed by atoms with Gasteiger partial charge >= 0.3 is 5.97 Å². The van der Waals surface area contributed by atoms with E-state index < -0.39 is 17.4 Å². The summed E-state index contributed by atoms with van der Waals surface area (Å²) in [6.45, 7) is 3.74. The molecule has 1 amide bonds. The Kier molecular flexibility index (Phi) is 6.71. The van der Waals surface area contributed by atoms with Crippen LogP contribution in [-0.4, -0.2) is 34.5 Å². The molecule has 0 bridgehead atoms. The Bertz CT molecular complexity index is 477. The molecule has 1 unspecified atom stereocenters. The number of nitrogens with one attached hydrogen (secondary N) is 1. The van der Waals surface area contributed by atoms with Crippen LogP contribution >= 0.6 is 11.8 Å². The summed E-state index contributed by atoms with van der Waals surface area (Å²) in [4.78, 5) is 22.8. The number of thioether (sulfide) groups is 1. The third kappa shape index (κ3) is 6.18. The van der Waals surface area contributed by atoms with Gasteiger partial charge in [0.05, 0.1) is 5.41 Å². The SMILES string of the molecule is CC(C)(CSCCC(N)C(=O)O)C(=O)Nc1ccccc1. The molecular weight excluding hydrogens is 288 g/mol. The second-order valence-corrected chi connectivity index (χ2v) is 6.60. The molecule has 0 saturated carbocycles. The Balaban J connectivity index is 2.38. The second kappa shape index (κ2) is 8.05. The Morgan fingerprint density at radius 1 is 1.33 bits per heavy atom. The van der Waals surface area contributed by atoms with Crippen LogP contribution in [0.1, 0.15) is 20.3 Å². The van der Waals surface area contributed by atoms with Crippen LogP contribution in [0.5, 0.6) is 0 Å². The molecule has 0 aliphatic heterocycles. The number of anilines is 1. The molecule has 116 valence electrons. The number of hydrogen-bond donors (Lipinski definition) is 3. The molecule has 0 radical (unpaired) electrons. The maximum absolute atomic E-state index is 12.2. The lowest BCUT2D eigenvalue weighted by Gasteiger charge is -2.23. The summed E-state index contributed by atoms with van der Waals surface area (Å²) in [6, 6.07) is 8.47. The van der Waals surface area contributed by atoms with Gasteiger partial charge < -0.3 is 16.2 Å². The zero-order chi connectivity index (χ0) is 15.9. The lowest BCUT2D eigenvalue weighted by molar-refractivity contribution is -0.138. The van der Waals surface area contributed by atoms with Gasteiger partial charge in [-0.25, -0.2) is 0 Å². The molecular formula is C15H22N2O3S. The van der Waals surface area contributed by atoms with E-state index in [0.29, 0.717) is 17.9 Å². The Morgan fingerprint density at radius 2 is 1.95 bits per heavy atom. The topological polar surface area (TPSA) is 92.4 Å². The maximum atomic E-state index is 12.2. The van der Waals surface area contributed by atoms with Gasteiger partial charge in [-0.05, 0) is 24.3 Å². The van der Waals surface area contributed by atoms with Crippen molar-refractivity contribution in [2.24, 2.45) is 11.1 Å². The van der Waals surface area contributed by atoms with Crippen molar-refractivity contribution in [2.75, 3.05) is 16.8 Å². The van der Waals surface area contributed by atoms with Gasteiger partial charge in [-0.1, -0.05) is 32.0 Å². The van der Waals surface area contributed by atoms with Crippen LogP contribution in [0.15, 0.2) is 30.3 Å². The first-order chi connectivity index (χ1) is 9.83. The fourth-order valence-corrected chi connectivity index (χ4v) is 2.75. The number of carboxylic acids is 1. The molecule has 0 spiro atoms. The lowest BCUT2D eigenvalue weighted by Crippen LogP contribution is -2.33. The number of carbonyl (C=O) groups is 2. The molecule has 1 atom stereocenters. The number of carboxylic acid groups (broad SMARTS) is 1. The van der Waals surface area contributed by atoms with Gasteiger partial charge in [0.2, 0.25) is 5.91 Å². The third-order valence-corrected chi connectivity index (χ3v) is 4.45. The summed E-state index contributed by atoms with van der Waals surface area (Å²) >= 11 is 1.54. The number of para-hydroxylation sites is 1. The van der Waals surface area contributed by atoms with Gasteiger partial charge in [0, 0.05) is 11.4 Å². The normalized spacial score (nSPS) is 12.7. The van der Waals surface area contributed by atoms with E-state index in [1.807, 2.05) is 44.2 Å². The van der Waals surface area contributed by atoms with Gasteiger partial charge in [0.15, 0.2) is 0 Å². The van der Waals surface area contributed by atoms with E-state index in [1.54, 1.807) is 11.8 Å². The fraction of sp³-hybridized carbons (Fsp3) is 0.467. The average Bonchev–Trinajstić information content (AvgIpc) is 2.44. The predicted octanol–water partition coefficient (Wildman–Crippen LogP) is 2.19. The quantitative estimate of drug-likeness (QED) is 0.640. The molecule has 4 N–H and O–H groups in total. The van der Waals surface area contributed by atoms with Crippen molar-refractivity contribution in [3.63, 3.8) is 0 Å². The molecule has 0 aliphatic rings. The summed E-state index contributed by atoms with van der Waals surface area (Å²) < 4.78 is 0. The molecule has 1 aromatic rings. The van der Waals surface area contributed by atoms with Crippen molar-refractivity contribution in [1.29, 1.82) is 0 Å². The number of benzene rings is 1. The standard InChI is InChI=1S/C15H22N2O3S/c1-15(2,10-21-9-8-12(16)13(18)19)14(20)17-11-6-4-3-5-7-11/h3-7,12H,8-10,16H2,1-2H3,(H,17,20)(H,18,19).